The second kappa shape index (κ2) is 10.6. The predicted molar refractivity (Wildman–Crippen MR) is 121 cm³/mol. The van der Waals surface area contributed by atoms with E-state index in [1.807, 2.05) is 18.2 Å². The van der Waals surface area contributed by atoms with Crippen molar-refractivity contribution in [3.05, 3.63) is 93.4 Å². The molecule has 6 nitrogen and oxygen atoms in total. The van der Waals surface area contributed by atoms with Crippen LogP contribution in [0.25, 0.3) is 0 Å². The molecule has 2 amide bonds. The fourth-order valence-electron chi connectivity index (χ4n) is 2.37. The molecule has 0 bridgehead atoms. The standard InChI is InChI=1S/C22H17BrClN3O3/c23-17-6-10-19(11-7-17)26-21(28)22(29)27-25-13-16-2-1-3-20(12-16)30-14-15-4-8-18(24)9-5-15/h1-13H,14H2,(H,26,28)(H,27,29)/b25-13+. The van der Waals surface area contributed by atoms with Gasteiger partial charge in [0.1, 0.15) is 12.4 Å². The number of nitrogens with one attached hydrogen (secondary N) is 2. The SMILES string of the molecule is O=C(N/N=C/c1cccc(OCc2ccc(Cl)cc2)c1)C(=O)Nc1ccc(Br)cc1. The van der Waals surface area contributed by atoms with Crippen LogP contribution in [0.15, 0.2) is 82.4 Å². The third-order valence-corrected chi connectivity index (χ3v) is 4.65. The normalized spacial score (nSPS) is 10.6. The largest absolute Gasteiger partial charge is 0.489 e. The van der Waals surface area contributed by atoms with E-state index < -0.39 is 11.8 Å². The van der Waals surface area contributed by atoms with E-state index in [0.29, 0.717) is 28.6 Å². The van der Waals surface area contributed by atoms with Crippen molar-refractivity contribution in [1.82, 2.24) is 5.43 Å². The van der Waals surface area contributed by atoms with Crippen LogP contribution < -0.4 is 15.5 Å². The highest BCUT2D eigenvalue weighted by molar-refractivity contribution is 9.10. The molecular weight excluding hydrogens is 470 g/mol. The number of rotatable bonds is 6. The van der Waals surface area contributed by atoms with Crippen LogP contribution in [0.1, 0.15) is 11.1 Å². The van der Waals surface area contributed by atoms with Gasteiger partial charge in [0.25, 0.3) is 0 Å². The Morgan fingerprint density at radius 1 is 1.00 bits per heavy atom. The van der Waals surface area contributed by atoms with Crippen LogP contribution >= 0.6 is 27.5 Å². The van der Waals surface area contributed by atoms with Crippen LogP contribution in [-0.2, 0) is 16.2 Å². The van der Waals surface area contributed by atoms with E-state index in [2.05, 4.69) is 31.8 Å². The summed E-state index contributed by atoms with van der Waals surface area (Å²) in [5.41, 5.74) is 4.40. The third-order valence-electron chi connectivity index (χ3n) is 3.86. The minimum Gasteiger partial charge on any atom is -0.489 e. The molecule has 0 atom stereocenters. The van der Waals surface area contributed by atoms with Gasteiger partial charge in [-0.3, -0.25) is 9.59 Å². The van der Waals surface area contributed by atoms with Crippen LogP contribution in [-0.4, -0.2) is 18.0 Å². The van der Waals surface area contributed by atoms with Crippen LogP contribution in [0.4, 0.5) is 5.69 Å². The Balaban J connectivity index is 1.51. The second-order valence-corrected chi connectivity index (χ2v) is 7.50. The van der Waals surface area contributed by atoms with Gasteiger partial charge in [-0.25, -0.2) is 5.43 Å². The van der Waals surface area contributed by atoms with Crippen LogP contribution in [0.3, 0.4) is 0 Å². The minimum absolute atomic E-state index is 0.394. The highest BCUT2D eigenvalue weighted by atomic mass is 79.9. The van der Waals surface area contributed by atoms with Gasteiger partial charge in [-0.15, -0.1) is 0 Å². The lowest BCUT2D eigenvalue weighted by Crippen LogP contribution is -2.32. The Morgan fingerprint density at radius 3 is 2.47 bits per heavy atom. The molecule has 0 radical (unpaired) electrons. The summed E-state index contributed by atoms with van der Waals surface area (Å²) in [6, 6.07) is 21.4. The highest BCUT2D eigenvalue weighted by Crippen LogP contribution is 2.16. The molecule has 0 aliphatic rings. The smallest absolute Gasteiger partial charge is 0.329 e. The number of benzene rings is 3. The molecule has 0 unspecified atom stereocenters. The zero-order chi connectivity index (χ0) is 21.3. The Kier molecular flexibility index (Phi) is 7.59. The van der Waals surface area contributed by atoms with E-state index in [1.165, 1.54) is 6.21 Å². The number of ether oxygens (including phenoxy) is 1. The van der Waals surface area contributed by atoms with Gasteiger partial charge in [-0.05, 0) is 59.7 Å². The maximum Gasteiger partial charge on any atom is 0.329 e. The number of anilines is 1. The van der Waals surface area contributed by atoms with Gasteiger partial charge in [-0.2, -0.15) is 5.10 Å². The number of carbonyl (C=O) groups excluding carboxylic acids is 2. The topological polar surface area (TPSA) is 79.8 Å². The molecule has 0 heterocycles. The van der Waals surface area contributed by atoms with Gasteiger partial charge in [0.05, 0.1) is 6.21 Å². The highest BCUT2D eigenvalue weighted by Gasteiger charge is 2.12. The van der Waals surface area contributed by atoms with Crippen molar-refractivity contribution in [2.24, 2.45) is 5.10 Å². The average Bonchev–Trinajstić information content (AvgIpc) is 2.75. The molecule has 152 valence electrons. The van der Waals surface area contributed by atoms with Gasteiger partial charge in [0.2, 0.25) is 0 Å². The van der Waals surface area contributed by atoms with E-state index in [1.54, 1.807) is 54.6 Å². The maximum atomic E-state index is 11.9. The van der Waals surface area contributed by atoms with Crippen molar-refractivity contribution in [3.63, 3.8) is 0 Å². The maximum absolute atomic E-state index is 11.9. The zero-order valence-corrected chi connectivity index (χ0v) is 18.0. The first kappa shape index (κ1) is 21.5. The van der Waals surface area contributed by atoms with Gasteiger partial charge in [0.15, 0.2) is 0 Å². The number of nitrogens with zero attached hydrogens (tertiary/aromatic N) is 1. The molecule has 0 aliphatic carbocycles. The molecule has 0 saturated heterocycles. The molecule has 0 aromatic heterocycles. The third kappa shape index (κ3) is 6.72. The van der Waals surface area contributed by atoms with E-state index >= 15 is 0 Å². The molecule has 0 aliphatic heterocycles. The van der Waals surface area contributed by atoms with E-state index in [4.69, 9.17) is 16.3 Å². The molecule has 3 rings (SSSR count). The van der Waals surface area contributed by atoms with E-state index in [-0.39, 0.29) is 0 Å². The number of hydrogen-bond donors (Lipinski definition) is 2. The van der Waals surface area contributed by atoms with Crippen LogP contribution in [0, 0.1) is 0 Å². The van der Waals surface area contributed by atoms with Crippen molar-refractivity contribution in [2.75, 3.05) is 5.32 Å². The zero-order valence-electron chi connectivity index (χ0n) is 15.6. The van der Waals surface area contributed by atoms with Crippen molar-refractivity contribution in [2.45, 2.75) is 6.61 Å². The molecule has 0 fully saturated rings. The second-order valence-electron chi connectivity index (χ2n) is 6.15. The number of hydrogen-bond acceptors (Lipinski definition) is 4. The summed E-state index contributed by atoms with van der Waals surface area (Å²) in [6.45, 7) is 0.394. The van der Waals surface area contributed by atoms with Gasteiger partial charge in [-0.1, -0.05) is 51.8 Å². The Bertz CT molecular complexity index is 1050. The van der Waals surface area contributed by atoms with Crippen molar-refractivity contribution in [1.29, 1.82) is 0 Å². The predicted octanol–water partition coefficient (Wildman–Crippen LogP) is 4.77. The molecular formula is C22H17BrClN3O3. The summed E-state index contributed by atoms with van der Waals surface area (Å²) >= 11 is 9.18. The molecule has 0 spiro atoms. The Labute approximate surface area is 187 Å². The van der Waals surface area contributed by atoms with Gasteiger partial charge < -0.3 is 10.1 Å². The molecule has 2 N–H and O–H groups in total. The molecule has 30 heavy (non-hydrogen) atoms. The van der Waals surface area contributed by atoms with Crippen molar-refractivity contribution < 1.29 is 14.3 Å². The number of carbonyl (C=O) groups is 2. The van der Waals surface area contributed by atoms with E-state index in [0.717, 1.165) is 10.0 Å². The average molecular weight is 487 g/mol. The summed E-state index contributed by atoms with van der Waals surface area (Å²) in [7, 11) is 0. The first-order chi connectivity index (χ1) is 14.5. The molecule has 3 aromatic carbocycles. The number of amides is 2. The summed E-state index contributed by atoms with van der Waals surface area (Å²) in [6.07, 6.45) is 1.43. The molecule has 8 heteroatoms. The Morgan fingerprint density at radius 2 is 1.73 bits per heavy atom. The lowest BCUT2D eigenvalue weighted by Gasteiger charge is -2.07. The number of halogens is 2. The summed E-state index contributed by atoms with van der Waals surface area (Å²) in [4.78, 5) is 23.8. The lowest BCUT2D eigenvalue weighted by atomic mass is 10.2. The first-order valence-electron chi connectivity index (χ1n) is 8.87. The van der Waals surface area contributed by atoms with E-state index in [9.17, 15) is 9.59 Å². The summed E-state index contributed by atoms with van der Waals surface area (Å²) < 4.78 is 6.62. The molecule has 0 saturated carbocycles. The Hall–Kier alpha value is -3.16. The lowest BCUT2D eigenvalue weighted by molar-refractivity contribution is -0.136. The fourth-order valence-corrected chi connectivity index (χ4v) is 2.76. The quantitative estimate of drug-likeness (QED) is 0.299. The minimum atomic E-state index is -0.871. The van der Waals surface area contributed by atoms with Crippen molar-refractivity contribution in [3.8, 4) is 5.75 Å². The fraction of sp³-hybridized carbons (Fsp3) is 0.0455. The number of hydrazone groups is 1. The summed E-state index contributed by atoms with van der Waals surface area (Å²) in [5.74, 6) is -1.04. The van der Waals surface area contributed by atoms with Gasteiger partial charge in [0, 0.05) is 15.2 Å². The van der Waals surface area contributed by atoms with Crippen LogP contribution in [0.2, 0.25) is 5.02 Å². The van der Waals surface area contributed by atoms with Gasteiger partial charge >= 0.3 is 11.8 Å². The monoisotopic (exact) mass is 485 g/mol. The van der Waals surface area contributed by atoms with Crippen LogP contribution in [0.5, 0.6) is 5.75 Å². The van der Waals surface area contributed by atoms with Crippen molar-refractivity contribution >= 4 is 51.2 Å². The summed E-state index contributed by atoms with van der Waals surface area (Å²) in [5, 5.41) is 6.98. The molecule has 3 aromatic rings. The first-order valence-corrected chi connectivity index (χ1v) is 10.0.